The van der Waals surface area contributed by atoms with Gasteiger partial charge in [0.2, 0.25) is 0 Å². The smallest absolute Gasteiger partial charge is 0.176 e. The van der Waals surface area contributed by atoms with Crippen molar-refractivity contribution in [2.75, 3.05) is 0 Å². The lowest BCUT2D eigenvalue weighted by Gasteiger charge is -2.04. The van der Waals surface area contributed by atoms with Crippen LogP contribution in [0.1, 0.15) is 5.56 Å². The molecule has 0 aliphatic heterocycles. The van der Waals surface area contributed by atoms with Crippen molar-refractivity contribution >= 4 is 11.6 Å². The van der Waals surface area contributed by atoms with Gasteiger partial charge in [0.1, 0.15) is 11.5 Å². The first-order valence-electron chi connectivity index (χ1n) is 6.51. The molecule has 0 amide bonds. The summed E-state index contributed by atoms with van der Waals surface area (Å²) in [7, 11) is 0. The number of hydrogen-bond donors (Lipinski definition) is 1. The molecule has 1 aromatic heterocycles. The monoisotopic (exact) mass is 339 g/mol. The van der Waals surface area contributed by atoms with E-state index < -0.39 is 24.1 Å². The predicted molar refractivity (Wildman–Crippen MR) is 78.2 cm³/mol. The molecule has 0 saturated carbocycles. The van der Waals surface area contributed by atoms with Crippen molar-refractivity contribution in [2.24, 2.45) is 0 Å². The fraction of sp³-hybridized carbons (Fsp3) is 0.0625. The molecule has 0 spiro atoms. The van der Waals surface area contributed by atoms with Crippen LogP contribution >= 0.6 is 11.6 Å². The number of nitrogens with zero attached hydrogens (tertiary/aromatic N) is 1. The molecular weight excluding hydrogens is 331 g/mol. The Bertz CT molecular complexity index is 880. The largest absolute Gasteiger partial charge is 0.391 e. The molecule has 3 rings (SSSR count). The summed E-state index contributed by atoms with van der Waals surface area (Å²) in [5.74, 6) is -3.73. The minimum absolute atomic E-state index is 0.150. The highest BCUT2D eigenvalue weighted by Crippen LogP contribution is 2.35. The Balaban J connectivity index is 2.18. The van der Waals surface area contributed by atoms with Gasteiger partial charge in [-0.05, 0) is 18.2 Å². The van der Waals surface area contributed by atoms with Gasteiger partial charge in [0.25, 0.3) is 0 Å². The average molecular weight is 340 g/mol. The van der Waals surface area contributed by atoms with Crippen LogP contribution in [-0.2, 0) is 6.61 Å². The molecular formula is C16H9ClF3NO2. The van der Waals surface area contributed by atoms with E-state index in [9.17, 15) is 18.3 Å². The van der Waals surface area contributed by atoms with Crippen molar-refractivity contribution in [3.63, 3.8) is 0 Å². The van der Waals surface area contributed by atoms with Crippen LogP contribution in [0, 0.1) is 17.5 Å². The molecule has 0 bridgehead atoms. The van der Waals surface area contributed by atoms with E-state index in [2.05, 4.69) is 5.16 Å². The van der Waals surface area contributed by atoms with Gasteiger partial charge in [0.15, 0.2) is 17.4 Å². The van der Waals surface area contributed by atoms with Crippen molar-refractivity contribution in [1.29, 1.82) is 0 Å². The summed E-state index contributed by atoms with van der Waals surface area (Å²) in [5, 5.41) is 13.8. The van der Waals surface area contributed by atoms with Crippen LogP contribution in [-0.4, -0.2) is 10.3 Å². The molecule has 0 radical (unpaired) electrons. The maximum absolute atomic E-state index is 13.9. The van der Waals surface area contributed by atoms with Crippen LogP contribution in [0.5, 0.6) is 0 Å². The van der Waals surface area contributed by atoms with E-state index >= 15 is 0 Å². The van der Waals surface area contributed by atoms with Gasteiger partial charge in [-0.15, -0.1) is 0 Å². The highest BCUT2D eigenvalue weighted by molar-refractivity contribution is 6.30. The first-order valence-corrected chi connectivity index (χ1v) is 6.89. The predicted octanol–water partition coefficient (Wildman–Crippen LogP) is 4.57. The van der Waals surface area contributed by atoms with Crippen molar-refractivity contribution in [2.45, 2.75) is 6.61 Å². The van der Waals surface area contributed by atoms with E-state index in [0.717, 1.165) is 0 Å². The van der Waals surface area contributed by atoms with Crippen molar-refractivity contribution in [3.05, 3.63) is 64.4 Å². The molecule has 1 heterocycles. The van der Waals surface area contributed by atoms with E-state index in [1.165, 1.54) is 0 Å². The molecule has 23 heavy (non-hydrogen) atoms. The van der Waals surface area contributed by atoms with Gasteiger partial charge in [-0.25, -0.2) is 13.2 Å². The average Bonchev–Trinajstić information content (AvgIpc) is 2.94. The number of halogens is 4. The van der Waals surface area contributed by atoms with E-state index in [-0.39, 0.29) is 22.6 Å². The first kappa shape index (κ1) is 15.6. The Hall–Kier alpha value is -2.31. The summed E-state index contributed by atoms with van der Waals surface area (Å²) in [6.45, 7) is -0.529. The zero-order valence-corrected chi connectivity index (χ0v) is 12.2. The summed E-state index contributed by atoms with van der Waals surface area (Å²) < 4.78 is 45.4. The van der Waals surface area contributed by atoms with E-state index in [0.29, 0.717) is 22.7 Å². The van der Waals surface area contributed by atoms with Crippen LogP contribution in [0.3, 0.4) is 0 Å². The van der Waals surface area contributed by atoms with Gasteiger partial charge < -0.3 is 9.63 Å². The second-order valence-electron chi connectivity index (χ2n) is 4.75. The number of aliphatic hydroxyl groups is 1. The van der Waals surface area contributed by atoms with Gasteiger partial charge >= 0.3 is 0 Å². The quantitative estimate of drug-likeness (QED) is 0.711. The van der Waals surface area contributed by atoms with Crippen LogP contribution < -0.4 is 0 Å². The number of aromatic nitrogens is 1. The third-order valence-electron chi connectivity index (χ3n) is 3.30. The Morgan fingerprint density at radius 3 is 2.48 bits per heavy atom. The Morgan fingerprint density at radius 2 is 1.78 bits per heavy atom. The van der Waals surface area contributed by atoms with Gasteiger partial charge in [-0.1, -0.05) is 28.9 Å². The molecule has 3 nitrogen and oxygen atoms in total. The van der Waals surface area contributed by atoms with Crippen LogP contribution in [0.4, 0.5) is 13.2 Å². The summed E-state index contributed by atoms with van der Waals surface area (Å²) in [4.78, 5) is 0. The van der Waals surface area contributed by atoms with Gasteiger partial charge in [-0.2, -0.15) is 0 Å². The number of benzene rings is 2. The first-order chi connectivity index (χ1) is 11.0. The lowest BCUT2D eigenvalue weighted by atomic mass is 10.0. The fourth-order valence-corrected chi connectivity index (χ4v) is 2.42. The second-order valence-corrected chi connectivity index (χ2v) is 5.19. The fourth-order valence-electron chi connectivity index (χ4n) is 2.23. The molecule has 1 N–H and O–H groups in total. The Morgan fingerprint density at radius 1 is 1.04 bits per heavy atom. The molecule has 118 valence electrons. The van der Waals surface area contributed by atoms with E-state index in [1.807, 2.05) is 0 Å². The topological polar surface area (TPSA) is 46.3 Å². The second kappa shape index (κ2) is 6.06. The SMILES string of the molecule is OCc1c(-c2cccc(Cl)c2)noc1-c1cc(F)c(F)cc1F. The highest BCUT2D eigenvalue weighted by atomic mass is 35.5. The molecule has 0 atom stereocenters. The Labute approximate surface area is 133 Å². The normalized spacial score (nSPS) is 11.0. The molecule has 0 aliphatic carbocycles. The van der Waals surface area contributed by atoms with Crippen molar-refractivity contribution in [3.8, 4) is 22.6 Å². The van der Waals surface area contributed by atoms with Gasteiger partial charge in [0, 0.05) is 16.7 Å². The lowest BCUT2D eigenvalue weighted by Crippen LogP contribution is -1.94. The molecule has 3 aromatic rings. The Kier molecular flexibility index (Phi) is 4.11. The summed E-state index contributed by atoms with van der Waals surface area (Å²) in [5.41, 5.74) is 0.611. The lowest BCUT2D eigenvalue weighted by molar-refractivity contribution is 0.281. The van der Waals surface area contributed by atoms with E-state index in [4.69, 9.17) is 16.1 Å². The van der Waals surface area contributed by atoms with Gasteiger partial charge in [0.05, 0.1) is 17.7 Å². The van der Waals surface area contributed by atoms with Gasteiger partial charge in [-0.3, -0.25) is 0 Å². The molecule has 2 aromatic carbocycles. The summed E-state index contributed by atoms with van der Waals surface area (Å²) in [6.07, 6.45) is 0. The molecule has 0 fully saturated rings. The minimum Gasteiger partial charge on any atom is -0.391 e. The number of aliphatic hydroxyl groups excluding tert-OH is 1. The van der Waals surface area contributed by atoms with Crippen LogP contribution in [0.2, 0.25) is 5.02 Å². The zero-order valence-electron chi connectivity index (χ0n) is 11.5. The minimum atomic E-state index is -1.31. The summed E-state index contributed by atoms with van der Waals surface area (Å²) in [6, 6.07) is 7.66. The number of hydrogen-bond acceptors (Lipinski definition) is 3. The molecule has 0 aliphatic rings. The molecule has 7 heteroatoms. The third-order valence-corrected chi connectivity index (χ3v) is 3.53. The van der Waals surface area contributed by atoms with Crippen molar-refractivity contribution < 1.29 is 22.8 Å². The van der Waals surface area contributed by atoms with Crippen molar-refractivity contribution in [1.82, 2.24) is 5.16 Å². The van der Waals surface area contributed by atoms with Crippen LogP contribution in [0.15, 0.2) is 40.9 Å². The third kappa shape index (κ3) is 2.83. The van der Waals surface area contributed by atoms with E-state index in [1.54, 1.807) is 24.3 Å². The van der Waals surface area contributed by atoms with Crippen LogP contribution in [0.25, 0.3) is 22.6 Å². The number of rotatable bonds is 3. The molecule has 0 saturated heterocycles. The summed E-state index contributed by atoms with van der Waals surface area (Å²) >= 11 is 5.91. The standard InChI is InChI=1S/C16H9ClF3NO2/c17-9-3-1-2-8(4-9)15-11(7-22)16(23-21-15)10-5-13(19)14(20)6-12(10)18/h1-6,22H,7H2. The maximum atomic E-state index is 13.9. The zero-order chi connectivity index (χ0) is 16.6. The maximum Gasteiger partial charge on any atom is 0.176 e. The highest BCUT2D eigenvalue weighted by Gasteiger charge is 2.22. The molecule has 0 unspecified atom stereocenters.